The van der Waals surface area contributed by atoms with Crippen LogP contribution in [0.15, 0.2) is 91.0 Å². The van der Waals surface area contributed by atoms with E-state index in [1.54, 1.807) is 0 Å². The van der Waals surface area contributed by atoms with Crippen molar-refractivity contribution in [3.05, 3.63) is 122 Å². The van der Waals surface area contributed by atoms with Crippen LogP contribution < -0.4 is 58.2 Å². The summed E-state index contributed by atoms with van der Waals surface area (Å²) in [6.07, 6.45) is 0. The quantitative estimate of drug-likeness (QED) is 0.222. The molecule has 50 heavy (non-hydrogen) atoms. The Kier molecular flexibility index (Phi) is 36.0. The molecule has 0 aliphatic heterocycles. The van der Waals surface area contributed by atoms with Crippen molar-refractivity contribution in [1.29, 1.82) is 0 Å². The molecule has 3 nitrogen and oxygen atoms in total. The summed E-state index contributed by atoms with van der Waals surface area (Å²) in [5.74, 6) is 0. The van der Waals surface area contributed by atoms with E-state index >= 15 is 0 Å². The van der Waals surface area contributed by atoms with Gasteiger partial charge in [-0.05, 0) is 20.8 Å². The third-order valence-electron chi connectivity index (χ3n) is 4.83. The first kappa shape index (κ1) is 60.7. The zero-order valence-electron chi connectivity index (χ0n) is 37.2. The summed E-state index contributed by atoms with van der Waals surface area (Å²) < 4.78 is 14.5. The molecule has 0 aliphatic carbocycles. The van der Waals surface area contributed by atoms with Gasteiger partial charge in [-0.2, -0.15) is 0 Å². The Morgan fingerprint density at radius 1 is 0.280 bits per heavy atom. The predicted molar refractivity (Wildman–Crippen MR) is 249 cm³/mol. The Bertz CT molecular complexity index is 978. The number of hydrogen-bond acceptors (Lipinski definition) is 0. The van der Waals surface area contributed by atoms with Crippen LogP contribution in [-0.2, 0) is 0 Å². The van der Waals surface area contributed by atoms with Gasteiger partial charge in [-0.25, -0.2) is 0 Å². The van der Waals surface area contributed by atoms with Crippen LogP contribution in [0, 0.1) is 20.8 Å². The Morgan fingerprint density at radius 2 is 0.400 bits per heavy atom. The molecule has 0 bridgehead atoms. The molecule has 11 heteroatoms. The molecule has 0 aliphatic rings. The third-order valence-corrected chi connectivity index (χ3v) is 20.9. The van der Waals surface area contributed by atoms with Crippen molar-refractivity contribution >= 4 is 72.5 Å². The van der Waals surface area contributed by atoms with Crippen molar-refractivity contribution in [2.24, 2.45) is 0 Å². The Hall–Kier alpha value is 1.41. The van der Waals surface area contributed by atoms with Gasteiger partial charge in [0.2, 0.25) is 0 Å². The van der Waals surface area contributed by atoms with E-state index in [1.807, 2.05) is 54.6 Å². The molecular weight excluding hydrogens is 789 g/mol. The van der Waals surface area contributed by atoms with Crippen LogP contribution in [-0.4, -0.2) is 72.5 Å². The second kappa shape index (κ2) is 29.7. The summed E-state index contributed by atoms with van der Waals surface area (Å²) in [6, 6.07) is 30.8. The maximum atomic E-state index is 4.82. The SMILES string of the molecule is C[Si](C)(C)[N-][Si](C)(C)C.C[Si](C)(C)[N-][Si](C)(C)C.C[Si](C)(C)[N-][Si](C)(C)C.Cc1ccccc1.Cc1ccccc1.Cc1ccccc1.[Mg+2].[Rb+]. The summed E-state index contributed by atoms with van der Waals surface area (Å²) in [5.41, 5.74) is 3.97. The van der Waals surface area contributed by atoms with Gasteiger partial charge in [-0.15, -0.1) is 0 Å². The standard InChI is InChI=1S/3C7H8.3C6H18NSi2.Mg.Rb/c3*1-7-5-3-2-4-6-7;3*1-8(2,3)7-9(4,5)6;;/h3*2-6H,1H3;3*1-6H3;;/q;;;3*-1;+2;+1. The zero-order valence-corrected chi connectivity index (χ0v) is 49.5. The second-order valence-corrected chi connectivity index (χ2v) is 47.1. The number of benzene rings is 3. The largest absolute Gasteiger partial charge is 2.00 e. The number of hydrogen-bond donors (Lipinski definition) is 0. The topological polar surface area (TPSA) is 42.3 Å². The summed E-state index contributed by atoms with van der Waals surface area (Å²) in [5, 5.41) is 0. The first-order valence-electron chi connectivity index (χ1n) is 17.6. The molecule has 0 saturated heterocycles. The van der Waals surface area contributed by atoms with E-state index in [0.717, 1.165) is 0 Å². The average molecular weight is 867 g/mol. The number of rotatable bonds is 6. The molecule has 0 atom stereocenters. The van der Waals surface area contributed by atoms with Gasteiger partial charge >= 0.3 is 81.2 Å². The summed E-state index contributed by atoms with van der Waals surface area (Å²) in [7, 11) is -6.64. The molecule has 0 radical (unpaired) electrons. The summed E-state index contributed by atoms with van der Waals surface area (Å²) in [4.78, 5) is 0. The molecule has 3 aromatic rings. The van der Waals surface area contributed by atoms with Crippen LogP contribution in [0.4, 0.5) is 0 Å². The molecule has 0 saturated carbocycles. The molecule has 0 fully saturated rings. The van der Waals surface area contributed by atoms with Gasteiger partial charge < -0.3 is 13.9 Å². The van der Waals surface area contributed by atoms with Crippen molar-refractivity contribution in [2.75, 3.05) is 0 Å². The number of nitrogens with zero attached hydrogens (tertiary/aromatic N) is 3. The van der Waals surface area contributed by atoms with E-state index in [2.05, 4.69) is 175 Å². The predicted octanol–water partition coefficient (Wildman–Crippen LogP) is 11.7. The molecule has 0 spiro atoms. The van der Waals surface area contributed by atoms with Gasteiger partial charge in [0.25, 0.3) is 0 Å². The molecule has 3 aromatic carbocycles. The van der Waals surface area contributed by atoms with Gasteiger partial charge in [-0.3, -0.25) is 0 Å². The fourth-order valence-corrected chi connectivity index (χ4v) is 28.8. The van der Waals surface area contributed by atoms with Crippen LogP contribution in [0.5, 0.6) is 0 Å². The van der Waals surface area contributed by atoms with Crippen LogP contribution in [0.2, 0.25) is 118 Å². The first-order chi connectivity index (χ1) is 21.3. The maximum absolute atomic E-state index is 4.82. The molecule has 0 amide bonds. The normalized spacial score (nSPS) is 11.2. The van der Waals surface area contributed by atoms with Crippen molar-refractivity contribution < 1.29 is 58.2 Å². The molecule has 0 unspecified atom stereocenters. The first-order valence-corrected chi connectivity index (χ1v) is 38.3. The van der Waals surface area contributed by atoms with Gasteiger partial charge in [-0.1, -0.05) is 275 Å². The summed E-state index contributed by atoms with van der Waals surface area (Å²) in [6.45, 7) is 47.6. The van der Waals surface area contributed by atoms with E-state index < -0.39 is 49.4 Å². The van der Waals surface area contributed by atoms with Gasteiger partial charge in [0.05, 0.1) is 0 Å². The van der Waals surface area contributed by atoms with Crippen molar-refractivity contribution in [3.8, 4) is 0 Å². The zero-order chi connectivity index (χ0) is 38.5. The Balaban J connectivity index is -0.000000161. The van der Waals surface area contributed by atoms with Crippen LogP contribution in [0.25, 0.3) is 13.9 Å². The van der Waals surface area contributed by atoms with Crippen molar-refractivity contribution in [2.45, 2.75) is 139 Å². The monoisotopic (exact) mass is 865 g/mol. The molecule has 0 aromatic heterocycles. The molecule has 0 heterocycles. The van der Waals surface area contributed by atoms with E-state index in [4.69, 9.17) is 13.9 Å². The minimum atomic E-state index is -1.11. The Morgan fingerprint density at radius 3 is 0.440 bits per heavy atom. The maximum Gasteiger partial charge on any atom is 2.00 e. The van der Waals surface area contributed by atoms with Crippen LogP contribution in [0.3, 0.4) is 0 Å². The fourth-order valence-electron chi connectivity index (χ4n) is 4.62. The molecule has 276 valence electrons. The van der Waals surface area contributed by atoms with E-state index in [-0.39, 0.29) is 81.2 Å². The van der Waals surface area contributed by atoms with E-state index in [1.165, 1.54) is 16.7 Å². The smallest absolute Gasteiger partial charge is 0.668 e. The van der Waals surface area contributed by atoms with Gasteiger partial charge in [0.1, 0.15) is 0 Å². The minimum Gasteiger partial charge on any atom is -0.668 e. The van der Waals surface area contributed by atoms with E-state index in [0.29, 0.717) is 0 Å². The van der Waals surface area contributed by atoms with Gasteiger partial charge in [0.15, 0.2) is 0 Å². The fraction of sp³-hybridized carbons (Fsp3) is 0.538. The third kappa shape index (κ3) is 61.5. The minimum absolute atomic E-state index is 0. The molecular formula is C39H78MgN3RbSi6. The van der Waals surface area contributed by atoms with Crippen molar-refractivity contribution in [3.63, 3.8) is 0 Å². The van der Waals surface area contributed by atoms with Gasteiger partial charge in [0, 0.05) is 0 Å². The van der Waals surface area contributed by atoms with Crippen LogP contribution in [0.1, 0.15) is 16.7 Å². The van der Waals surface area contributed by atoms with Crippen LogP contribution >= 0.6 is 0 Å². The van der Waals surface area contributed by atoms with Crippen molar-refractivity contribution in [1.82, 2.24) is 0 Å². The molecule has 3 rings (SSSR count). The summed E-state index contributed by atoms with van der Waals surface area (Å²) >= 11 is 0. The second-order valence-electron chi connectivity index (χ2n) is 18.3. The number of aryl methyl sites for hydroxylation is 3. The van der Waals surface area contributed by atoms with E-state index in [9.17, 15) is 0 Å². The average Bonchev–Trinajstić information content (AvgIpc) is 2.81. The Labute approximate surface area is 385 Å². The molecule has 0 N–H and O–H groups in total.